The summed E-state index contributed by atoms with van der Waals surface area (Å²) in [5, 5.41) is 0. The molecule has 0 unspecified atom stereocenters. The molecule has 1 rings (SSSR count). The van der Waals surface area contributed by atoms with Crippen molar-refractivity contribution in [1.29, 1.82) is 0 Å². The van der Waals surface area contributed by atoms with Gasteiger partial charge in [0.25, 0.3) is 0 Å². The summed E-state index contributed by atoms with van der Waals surface area (Å²) in [4.78, 5) is 11.7. The monoisotopic (exact) mass is 258 g/mol. The van der Waals surface area contributed by atoms with Crippen LogP contribution in [0, 0.1) is 17.8 Å². The van der Waals surface area contributed by atoms with Gasteiger partial charge in [-0.25, -0.2) is 0 Å². The Morgan fingerprint density at radius 2 is 1.74 bits per heavy atom. The fourth-order valence-corrected chi connectivity index (χ4v) is 2.36. The van der Waals surface area contributed by atoms with Crippen molar-refractivity contribution in [2.75, 3.05) is 0 Å². The summed E-state index contributed by atoms with van der Waals surface area (Å²) in [6.45, 7) is 8.37. The first kappa shape index (κ1) is 15.7. The van der Waals surface area contributed by atoms with E-state index in [9.17, 15) is 4.79 Å². The third kappa shape index (κ3) is 6.37. The van der Waals surface area contributed by atoms with Crippen LogP contribution in [0.4, 0.5) is 0 Å². The summed E-state index contributed by atoms with van der Waals surface area (Å²) >= 11 is 0. The minimum atomic E-state index is 0.0111. The van der Waals surface area contributed by atoms with Crippen molar-refractivity contribution in [3.8, 4) is 0 Å². The second-order valence-electron chi connectivity index (χ2n) is 5.90. The van der Waals surface area contributed by atoms with E-state index in [0.717, 1.165) is 6.42 Å². The molecular weight excluding hydrogens is 232 g/mol. The Kier molecular flexibility index (Phi) is 6.55. The zero-order chi connectivity index (χ0) is 14.3. The lowest BCUT2D eigenvalue weighted by Gasteiger charge is -2.12. The largest absolute Gasteiger partial charge is 0.299 e. The second kappa shape index (κ2) is 7.93. The third-order valence-electron chi connectivity index (χ3n) is 3.34. The highest BCUT2D eigenvalue weighted by Crippen LogP contribution is 2.16. The van der Waals surface area contributed by atoms with E-state index >= 15 is 0 Å². The van der Waals surface area contributed by atoms with Crippen LogP contribution in [0.25, 0.3) is 0 Å². The first-order valence-electron chi connectivity index (χ1n) is 7.21. The van der Waals surface area contributed by atoms with Crippen molar-refractivity contribution < 1.29 is 4.79 Å². The molecule has 0 bridgehead atoms. The number of rotatable bonds is 7. The molecule has 0 spiro atoms. The molecule has 2 atom stereocenters. The quantitative estimate of drug-likeness (QED) is 0.649. The van der Waals surface area contributed by atoms with Gasteiger partial charge in [0.05, 0.1) is 0 Å². The summed E-state index contributed by atoms with van der Waals surface area (Å²) in [7, 11) is 0. The van der Waals surface area contributed by atoms with E-state index in [1.165, 1.54) is 12.0 Å². The Balaban J connectivity index is 2.63. The van der Waals surface area contributed by atoms with E-state index in [1.54, 1.807) is 6.92 Å². The molecule has 0 saturated heterocycles. The molecule has 0 aromatic heterocycles. The number of carbonyl (C=O) groups is 1. The van der Waals surface area contributed by atoms with Gasteiger partial charge >= 0.3 is 0 Å². The smallest absolute Gasteiger partial charge is 0.136 e. The number of hydrogen-bond donors (Lipinski definition) is 0. The Morgan fingerprint density at radius 3 is 2.26 bits per heavy atom. The summed E-state index contributed by atoms with van der Waals surface area (Å²) in [6, 6.07) is 10.2. The van der Waals surface area contributed by atoms with Gasteiger partial charge in [-0.3, -0.25) is 4.79 Å². The molecule has 0 aliphatic heterocycles. The Labute approximate surface area is 117 Å². The highest BCUT2D eigenvalue weighted by Gasteiger charge is 2.12. The topological polar surface area (TPSA) is 17.1 Å². The van der Waals surface area contributed by atoms with Gasteiger partial charge in [-0.2, -0.15) is 0 Å². The van der Waals surface area contributed by atoms with Crippen LogP contribution in [0.2, 0.25) is 0 Å². The predicted octanol–water partition coefficient (Wildman–Crippen LogP) is 4.67. The lowest BCUT2D eigenvalue weighted by Crippen LogP contribution is -2.12. The van der Waals surface area contributed by atoms with E-state index in [1.807, 2.05) is 18.2 Å². The average Bonchev–Trinajstić information content (AvgIpc) is 2.34. The standard InChI is InChI=1S/C18H26O/c1-14(2)12-15(3)10-11-18(16(4)19)13-17-8-6-5-7-9-17/h5-11,14-15,18H,12-13H2,1-4H3/b11-10+/t15-,18-/m1/s1. The van der Waals surface area contributed by atoms with Gasteiger partial charge in [0, 0.05) is 5.92 Å². The van der Waals surface area contributed by atoms with E-state index in [2.05, 4.69) is 45.1 Å². The van der Waals surface area contributed by atoms with E-state index in [0.29, 0.717) is 11.8 Å². The first-order chi connectivity index (χ1) is 8.99. The SMILES string of the molecule is CC(=O)[C@H](/C=C/[C@@H](C)CC(C)C)Cc1ccccc1. The predicted molar refractivity (Wildman–Crippen MR) is 82.1 cm³/mol. The van der Waals surface area contributed by atoms with Crippen LogP contribution in [-0.2, 0) is 11.2 Å². The molecule has 0 N–H and O–H groups in total. The minimum Gasteiger partial charge on any atom is -0.299 e. The average molecular weight is 258 g/mol. The molecular formula is C18H26O. The van der Waals surface area contributed by atoms with Gasteiger partial charge in [0.2, 0.25) is 0 Å². The normalized spacial score (nSPS) is 14.8. The molecule has 1 aromatic carbocycles. The van der Waals surface area contributed by atoms with Gasteiger partial charge in [-0.1, -0.05) is 63.3 Å². The molecule has 104 valence electrons. The maximum Gasteiger partial charge on any atom is 0.136 e. The summed E-state index contributed by atoms with van der Waals surface area (Å²) in [6.07, 6.45) is 6.28. The van der Waals surface area contributed by atoms with Gasteiger partial charge in [-0.05, 0) is 37.2 Å². The van der Waals surface area contributed by atoms with Gasteiger partial charge in [0.1, 0.15) is 5.78 Å². The van der Waals surface area contributed by atoms with Crippen molar-refractivity contribution >= 4 is 5.78 Å². The Morgan fingerprint density at radius 1 is 1.11 bits per heavy atom. The molecule has 0 aliphatic carbocycles. The number of ketones is 1. The number of benzene rings is 1. The molecule has 0 saturated carbocycles. The highest BCUT2D eigenvalue weighted by molar-refractivity contribution is 5.80. The van der Waals surface area contributed by atoms with E-state index in [-0.39, 0.29) is 11.7 Å². The number of carbonyl (C=O) groups excluding carboxylic acids is 1. The molecule has 0 radical (unpaired) electrons. The van der Waals surface area contributed by atoms with Crippen LogP contribution in [0.3, 0.4) is 0 Å². The fraction of sp³-hybridized carbons (Fsp3) is 0.500. The van der Waals surface area contributed by atoms with Crippen molar-refractivity contribution in [3.05, 3.63) is 48.0 Å². The molecule has 0 heterocycles. The lowest BCUT2D eigenvalue weighted by molar-refractivity contribution is -0.119. The number of hydrogen-bond acceptors (Lipinski definition) is 1. The summed E-state index contributed by atoms with van der Waals surface area (Å²) in [5.41, 5.74) is 1.23. The van der Waals surface area contributed by atoms with Crippen LogP contribution in [0.15, 0.2) is 42.5 Å². The summed E-state index contributed by atoms with van der Waals surface area (Å²) < 4.78 is 0. The van der Waals surface area contributed by atoms with Crippen LogP contribution in [0.5, 0.6) is 0 Å². The van der Waals surface area contributed by atoms with Gasteiger partial charge in [0.15, 0.2) is 0 Å². The molecule has 0 amide bonds. The van der Waals surface area contributed by atoms with Gasteiger partial charge in [-0.15, -0.1) is 0 Å². The molecule has 1 aromatic rings. The number of allylic oxidation sites excluding steroid dienone is 2. The zero-order valence-electron chi connectivity index (χ0n) is 12.6. The second-order valence-corrected chi connectivity index (χ2v) is 5.90. The maximum atomic E-state index is 11.7. The molecule has 0 aliphatic rings. The van der Waals surface area contributed by atoms with Crippen molar-refractivity contribution in [2.24, 2.45) is 17.8 Å². The zero-order valence-corrected chi connectivity index (χ0v) is 12.6. The summed E-state index contributed by atoms with van der Waals surface area (Å²) in [5.74, 6) is 1.50. The van der Waals surface area contributed by atoms with Crippen LogP contribution < -0.4 is 0 Å². The maximum absolute atomic E-state index is 11.7. The van der Waals surface area contributed by atoms with Crippen LogP contribution in [0.1, 0.15) is 39.7 Å². The van der Waals surface area contributed by atoms with E-state index in [4.69, 9.17) is 0 Å². The third-order valence-corrected chi connectivity index (χ3v) is 3.34. The number of Topliss-reactive ketones (excluding diaryl/α,β-unsaturated/α-hetero) is 1. The fourth-order valence-electron chi connectivity index (χ4n) is 2.36. The Bertz CT molecular complexity index is 403. The minimum absolute atomic E-state index is 0.0111. The van der Waals surface area contributed by atoms with E-state index < -0.39 is 0 Å². The van der Waals surface area contributed by atoms with Crippen LogP contribution >= 0.6 is 0 Å². The van der Waals surface area contributed by atoms with Crippen LogP contribution in [-0.4, -0.2) is 5.78 Å². The molecule has 0 fully saturated rings. The molecule has 1 heteroatoms. The highest BCUT2D eigenvalue weighted by atomic mass is 16.1. The van der Waals surface area contributed by atoms with Crippen molar-refractivity contribution in [2.45, 2.75) is 40.5 Å². The lowest BCUT2D eigenvalue weighted by atomic mass is 9.92. The van der Waals surface area contributed by atoms with Crippen molar-refractivity contribution in [3.63, 3.8) is 0 Å². The molecule has 1 nitrogen and oxygen atoms in total. The van der Waals surface area contributed by atoms with Crippen molar-refractivity contribution in [1.82, 2.24) is 0 Å². The first-order valence-corrected chi connectivity index (χ1v) is 7.21. The Hall–Kier alpha value is -1.37. The molecule has 19 heavy (non-hydrogen) atoms. The van der Waals surface area contributed by atoms with Gasteiger partial charge < -0.3 is 0 Å².